The second-order valence-corrected chi connectivity index (χ2v) is 21.2. The van der Waals surface area contributed by atoms with Crippen molar-refractivity contribution in [3.63, 3.8) is 0 Å². The number of amides is 2. The number of fused-ring (bicyclic) bond motifs is 2. The predicted octanol–water partition coefficient (Wildman–Crippen LogP) is 6.56. The number of aromatic nitrogens is 10. The van der Waals surface area contributed by atoms with E-state index in [2.05, 4.69) is 69.0 Å². The van der Waals surface area contributed by atoms with Crippen LogP contribution in [-0.4, -0.2) is 142 Å². The number of hydroxylamine groups is 2. The topological polar surface area (TPSA) is 546 Å². The standard InChI is InChI=1S/C11H9N3O4.C9H7N3O3.C8H3F5O2.C8H7N3O2.C8H7NO4.C6H7NO4.C6H10O4.C5H6N2O4.C5H6N2O/c1-7(15)18-10-6-12-13-11(10)8-2-4-9(5-3-8)14(16)17;1-6(13)15-12-9(14)7-4-2-3-5-8(7)10-11-12;1-2(14)15-8-6(12)4(10)3(9)5(11)7(8)13;1-6(12)13-11-8-5-3-2-4-7(8)9-10-11;1-6(10)13-8-4-2-7(3-5-8)9(11)12;1-4(8)11-7-5(9)2-3-6(7)10;1-3-4-9-6(8)10-5(2)7;1-3(8)7-4(9)6(2)5(10)11-7;1-5(8)7-3-2-6-4-7/h2-6,11H,1H3;2-5H,1H3;1H3;2*2-5H,1H3;2-3H2,1H3;3-4H2,1-2H3;1-2H3;2-4H,1H3. The van der Waals surface area contributed by atoms with Crippen molar-refractivity contribution in [1.82, 2.24) is 54.2 Å². The second kappa shape index (κ2) is 45.4. The largest absolute Gasteiger partial charge is 0.516 e. The molecule has 2 aliphatic rings. The van der Waals surface area contributed by atoms with E-state index in [-0.39, 0.29) is 36.7 Å². The molecule has 5 aromatic carbocycles. The quantitative estimate of drug-likeness (QED) is 0.0126. The van der Waals surface area contributed by atoms with Crippen LogP contribution in [0.5, 0.6) is 11.5 Å². The summed E-state index contributed by atoms with van der Waals surface area (Å²) in [6.07, 6.45) is 6.07. The third kappa shape index (κ3) is 30.3. The van der Waals surface area contributed by atoms with Gasteiger partial charge in [0.15, 0.2) is 11.8 Å². The minimum absolute atomic E-state index is 0.00768. The van der Waals surface area contributed by atoms with Gasteiger partial charge in [0.2, 0.25) is 40.7 Å². The lowest BCUT2D eigenvalue weighted by molar-refractivity contribution is -0.385. The van der Waals surface area contributed by atoms with Crippen LogP contribution in [0.2, 0.25) is 0 Å². The summed E-state index contributed by atoms with van der Waals surface area (Å²) in [6.45, 7) is 12.8. The van der Waals surface area contributed by atoms with Crippen LogP contribution in [0.15, 0.2) is 157 Å². The van der Waals surface area contributed by atoms with Gasteiger partial charge in [0.25, 0.3) is 29.1 Å². The molecular weight excluding hydrogens is 1550 g/mol. The van der Waals surface area contributed by atoms with Crippen molar-refractivity contribution in [3.05, 3.63) is 214 Å². The highest BCUT2D eigenvalue weighted by molar-refractivity contribution is 6.01. The molecule has 604 valence electrons. The molecule has 0 aliphatic carbocycles. The molecule has 114 heavy (non-hydrogen) atoms. The molecule has 9 aromatic rings. The Kier molecular flexibility index (Phi) is 36.9. The number of azo groups is 1. The third-order valence-electron chi connectivity index (χ3n) is 12.3. The van der Waals surface area contributed by atoms with Crippen LogP contribution in [-0.2, 0) is 69.2 Å². The van der Waals surface area contributed by atoms with Crippen molar-refractivity contribution in [2.24, 2.45) is 17.3 Å². The highest BCUT2D eigenvalue weighted by Gasteiger charge is 2.32. The molecule has 0 spiro atoms. The Morgan fingerprint density at radius 1 is 0.570 bits per heavy atom. The highest BCUT2D eigenvalue weighted by Crippen LogP contribution is 2.33. The normalized spacial score (nSPS) is 11.7. The van der Waals surface area contributed by atoms with E-state index in [1.165, 1.54) is 95.2 Å². The first kappa shape index (κ1) is 92.8. The number of rotatable bonds is 11. The lowest BCUT2D eigenvalue weighted by atomic mass is 10.1. The summed E-state index contributed by atoms with van der Waals surface area (Å²) in [5.74, 6) is -18.8. The Morgan fingerprint density at radius 2 is 1.06 bits per heavy atom. The minimum Gasteiger partial charge on any atom is -0.434 e. The predicted molar refractivity (Wildman–Crippen MR) is 368 cm³/mol. The maximum absolute atomic E-state index is 12.8. The van der Waals surface area contributed by atoms with Crippen molar-refractivity contribution in [2.75, 3.05) is 6.61 Å². The number of imide groups is 1. The van der Waals surface area contributed by atoms with Gasteiger partial charge in [-0.3, -0.25) is 67.9 Å². The van der Waals surface area contributed by atoms with Crippen LogP contribution in [0.4, 0.5) is 38.1 Å². The van der Waals surface area contributed by atoms with Gasteiger partial charge in [-0.25, -0.2) is 51.5 Å². The number of non-ortho nitro benzene ring substituents is 2. The molecule has 4 aromatic heterocycles. The van der Waals surface area contributed by atoms with Gasteiger partial charge in [0, 0.05) is 119 Å². The van der Waals surface area contributed by atoms with E-state index in [1.54, 1.807) is 60.9 Å². The first-order chi connectivity index (χ1) is 53.6. The summed E-state index contributed by atoms with van der Waals surface area (Å²) >= 11 is 0. The first-order valence-corrected chi connectivity index (χ1v) is 31.5. The number of nitro benzene ring substituents is 2. The molecule has 11 rings (SSSR count). The van der Waals surface area contributed by atoms with Gasteiger partial charge in [-0.15, -0.1) is 15.3 Å². The summed E-state index contributed by atoms with van der Waals surface area (Å²) in [5, 5.41) is 43.9. The van der Waals surface area contributed by atoms with Crippen molar-refractivity contribution in [2.45, 2.75) is 94.5 Å². The Labute approximate surface area is 633 Å². The van der Waals surface area contributed by atoms with Crippen LogP contribution in [0.3, 0.4) is 0 Å². The number of nitro groups is 2. The van der Waals surface area contributed by atoms with Crippen LogP contribution < -0.4 is 36.2 Å². The van der Waals surface area contributed by atoms with E-state index < -0.39 is 133 Å². The first-order valence-electron chi connectivity index (χ1n) is 31.5. The van der Waals surface area contributed by atoms with Gasteiger partial charge in [0.1, 0.15) is 28.6 Å². The third-order valence-corrected chi connectivity index (χ3v) is 12.3. The van der Waals surface area contributed by atoms with Gasteiger partial charge in [-0.05, 0) is 75.8 Å². The SMILES string of the molecule is CC(=O)OC1=CN=NC1c1ccc([N+](=O)[O-])cc1.CC(=O)ON1C(=O)CCC1=O.CC(=O)Oc1c(F)c(F)c(F)c(F)c1F.CC(=O)Oc1ccc([N+](=O)[O-])cc1.CC(=O)On1nnc2ccccc21.CC(=O)On1nnc2ccccc2c1=O.CC(=O)n1ccnc1.CC(=O)n1oc(=O)n(C)c1=O.CCCOC(=O)OC(C)=O. The molecular formula is C66H62F5N15O28. The van der Waals surface area contributed by atoms with Crippen molar-refractivity contribution in [3.8, 4) is 11.5 Å². The summed E-state index contributed by atoms with van der Waals surface area (Å²) in [7, 11) is 1.23. The summed E-state index contributed by atoms with van der Waals surface area (Å²) in [4.78, 5) is 198. The number of halogens is 5. The molecule has 0 N–H and O–H groups in total. The van der Waals surface area contributed by atoms with E-state index >= 15 is 0 Å². The van der Waals surface area contributed by atoms with Gasteiger partial charge in [-0.1, -0.05) is 40.8 Å². The Balaban J connectivity index is 0.000000335. The molecule has 43 nitrogen and oxygen atoms in total. The zero-order valence-electron chi connectivity index (χ0n) is 61.0. The summed E-state index contributed by atoms with van der Waals surface area (Å²) in [6, 6.07) is 24.6. The van der Waals surface area contributed by atoms with E-state index in [0.717, 1.165) is 32.5 Å². The number of esters is 4. The molecule has 0 saturated carbocycles. The molecule has 1 saturated heterocycles. The smallest absolute Gasteiger partial charge is 0.434 e. The molecule has 6 heterocycles. The van der Waals surface area contributed by atoms with Crippen LogP contribution in [0.1, 0.15) is 110 Å². The molecule has 48 heteroatoms. The zero-order valence-corrected chi connectivity index (χ0v) is 61.0. The van der Waals surface area contributed by atoms with Gasteiger partial charge < -0.3 is 42.7 Å². The maximum atomic E-state index is 12.8. The van der Waals surface area contributed by atoms with Crippen LogP contribution >= 0.6 is 0 Å². The number of imidazole rings is 1. The number of hydrogen-bond donors (Lipinski definition) is 0. The Bertz CT molecular complexity index is 5230. The van der Waals surface area contributed by atoms with Crippen LogP contribution in [0, 0.1) is 49.3 Å². The van der Waals surface area contributed by atoms with E-state index in [1.807, 2.05) is 19.1 Å². The number of benzene rings is 5. The summed E-state index contributed by atoms with van der Waals surface area (Å²) in [5.41, 5.74) is 1.21. The number of carbonyl (C=O) groups is 12. The lowest BCUT2D eigenvalue weighted by Crippen LogP contribution is -2.32. The fourth-order valence-electron chi connectivity index (χ4n) is 7.51. The van der Waals surface area contributed by atoms with Crippen molar-refractivity contribution in [1.29, 1.82) is 0 Å². The molecule has 1 unspecified atom stereocenters. The van der Waals surface area contributed by atoms with Crippen molar-refractivity contribution >= 4 is 105 Å². The van der Waals surface area contributed by atoms with E-state index in [0.29, 0.717) is 64.6 Å². The zero-order chi connectivity index (χ0) is 85.8. The maximum Gasteiger partial charge on any atom is 0.516 e. The average molecular weight is 1610 g/mol. The minimum atomic E-state index is -2.30. The molecule has 2 aliphatic heterocycles. The molecule has 0 radical (unpaired) electrons. The summed E-state index contributed by atoms with van der Waals surface area (Å²) < 4.78 is 91.8. The van der Waals surface area contributed by atoms with Gasteiger partial charge >= 0.3 is 64.9 Å². The van der Waals surface area contributed by atoms with E-state index in [9.17, 15) is 114 Å². The molecule has 1 atom stereocenters. The number of hydrogen-bond acceptors (Lipinski definition) is 35. The Hall–Kier alpha value is -15.5. The lowest BCUT2D eigenvalue weighted by Gasteiger charge is -2.10. The number of ether oxygens (including phenoxy) is 5. The molecule has 2 amide bonds. The van der Waals surface area contributed by atoms with Gasteiger partial charge in [0.05, 0.1) is 28.0 Å². The fraction of sp³-hybridized carbons (Fsp3) is 0.242. The van der Waals surface area contributed by atoms with Crippen LogP contribution in [0.25, 0.3) is 21.9 Å². The Morgan fingerprint density at radius 3 is 1.51 bits per heavy atom. The second-order valence-electron chi connectivity index (χ2n) is 21.2. The monoisotopic (exact) mass is 1610 g/mol. The number of carbonyl (C=O) groups excluding carboxylic acids is 12. The van der Waals surface area contributed by atoms with E-state index in [4.69, 9.17) is 9.57 Å². The van der Waals surface area contributed by atoms with Gasteiger partial charge in [-0.2, -0.15) is 19.0 Å². The highest BCUT2D eigenvalue weighted by atomic mass is 19.2. The fourth-order valence-corrected chi connectivity index (χ4v) is 7.51. The molecule has 0 bridgehead atoms. The van der Waals surface area contributed by atoms with Crippen molar-refractivity contribution < 1.29 is 132 Å². The average Bonchev–Trinajstić information content (AvgIpc) is 1.31. The number of nitrogens with zero attached hydrogens (tertiary/aromatic N) is 15. The molecule has 1 fully saturated rings. The number of para-hydroxylation sites is 1.